The van der Waals surface area contributed by atoms with Crippen molar-refractivity contribution < 1.29 is 4.74 Å². The second-order valence-electron chi connectivity index (χ2n) is 6.55. The summed E-state index contributed by atoms with van der Waals surface area (Å²) in [6.45, 7) is 2.92. The first-order valence-electron chi connectivity index (χ1n) is 9.06. The summed E-state index contributed by atoms with van der Waals surface area (Å²) in [5, 5.41) is 10.2. The van der Waals surface area contributed by atoms with E-state index in [1.807, 2.05) is 48.3 Å². The van der Waals surface area contributed by atoms with Crippen LogP contribution in [0.25, 0.3) is 22.5 Å². The van der Waals surface area contributed by atoms with Crippen molar-refractivity contribution in [2.45, 2.75) is 13.5 Å². The van der Waals surface area contributed by atoms with Crippen LogP contribution in [0, 0.1) is 6.92 Å². The minimum Gasteiger partial charge on any atom is -0.496 e. The van der Waals surface area contributed by atoms with Crippen LogP contribution in [-0.2, 0) is 13.6 Å². The fraction of sp³-hybridized carbons (Fsp3) is 0.182. The number of nitrogens with zero attached hydrogens (tertiary/aromatic N) is 3. The van der Waals surface area contributed by atoms with E-state index >= 15 is 0 Å². The molecular weight excluding hydrogens is 368 g/mol. The van der Waals surface area contributed by atoms with Crippen molar-refractivity contribution in [3.63, 3.8) is 0 Å². The zero-order chi connectivity index (χ0) is 19.5. The van der Waals surface area contributed by atoms with E-state index in [0.717, 1.165) is 40.6 Å². The minimum atomic E-state index is 0.791. The summed E-state index contributed by atoms with van der Waals surface area (Å²) in [7, 11) is 3.62. The van der Waals surface area contributed by atoms with Gasteiger partial charge in [0.2, 0.25) is 0 Å². The summed E-state index contributed by atoms with van der Waals surface area (Å²) in [5.74, 6) is 1.68. The first-order chi connectivity index (χ1) is 13.7. The zero-order valence-electron chi connectivity index (χ0n) is 16.1. The number of hydrogen-bond acceptors (Lipinski definition) is 5. The molecule has 6 heteroatoms. The van der Waals surface area contributed by atoms with Gasteiger partial charge >= 0.3 is 0 Å². The van der Waals surface area contributed by atoms with Gasteiger partial charge in [-0.1, -0.05) is 12.1 Å². The molecule has 0 atom stereocenters. The van der Waals surface area contributed by atoms with Gasteiger partial charge in [-0.15, -0.1) is 11.3 Å². The number of hydrogen-bond donors (Lipinski definition) is 1. The van der Waals surface area contributed by atoms with Gasteiger partial charge in [-0.2, -0.15) is 5.10 Å². The van der Waals surface area contributed by atoms with Gasteiger partial charge in [0.05, 0.1) is 25.0 Å². The first kappa shape index (κ1) is 18.3. The highest BCUT2D eigenvalue weighted by Gasteiger charge is 2.13. The van der Waals surface area contributed by atoms with Crippen molar-refractivity contribution in [1.29, 1.82) is 0 Å². The predicted octanol–water partition coefficient (Wildman–Crippen LogP) is 5.14. The Hall–Kier alpha value is -3.12. The second kappa shape index (κ2) is 7.86. The summed E-state index contributed by atoms with van der Waals surface area (Å²) < 4.78 is 7.34. The van der Waals surface area contributed by atoms with Crippen molar-refractivity contribution in [1.82, 2.24) is 14.8 Å². The summed E-state index contributed by atoms with van der Waals surface area (Å²) in [6, 6.07) is 16.2. The average molecular weight is 391 g/mol. The molecule has 0 fully saturated rings. The van der Waals surface area contributed by atoms with Crippen LogP contribution in [0.1, 0.15) is 10.4 Å². The Balaban J connectivity index is 1.55. The molecule has 5 nitrogen and oxygen atoms in total. The number of thiophene rings is 1. The molecule has 1 N–H and O–H groups in total. The van der Waals surface area contributed by atoms with Gasteiger partial charge in [-0.05, 0) is 54.3 Å². The first-order valence-corrected chi connectivity index (χ1v) is 9.94. The Bertz CT molecular complexity index is 1080. The third-order valence-corrected chi connectivity index (χ3v) is 5.74. The van der Waals surface area contributed by atoms with Crippen LogP contribution in [0.5, 0.6) is 5.75 Å². The molecule has 4 rings (SSSR count). The van der Waals surface area contributed by atoms with Gasteiger partial charge in [0.1, 0.15) is 11.6 Å². The van der Waals surface area contributed by atoms with E-state index in [9.17, 15) is 0 Å². The molecule has 4 aromatic rings. The lowest BCUT2D eigenvalue weighted by Crippen LogP contribution is -2.01. The number of nitrogens with one attached hydrogen (secondary N) is 1. The van der Waals surface area contributed by atoms with E-state index in [1.165, 1.54) is 10.4 Å². The molecule has 0 aliphatic rings. The lowest BCUT2D eigenvalue weighted by molar-refractivity contribution is 0.416. The Morgan fingerprint density at radius 3 is 2.71 bits per heavy atom. The van der Waals surface area contributed by atoms with Crippen molar-refractivity contribution in [3.05, 3.63) is 70.5 Å². The monoisotopic (exact) mass is 390 g/mol. The third-order valence-electron chi connectivity index (χ3n) is 4.72. The van der Waals surface area contributed by atoms with Crippen LogP contribution < -0.4 is 10.1 Å². The maximum Gasteiger partial charge on any atom is 0.128 e. The van der Waals surface area contributed by atoms with Gasteiger partial charge in [0, 0.05) is 29.2 Å². The molecule has 0 bridgehead atoms. The van der Waals surface area contributed by atoms with Crippen LogP contribution in [0.15, 0.2) is 60.1 Å². The highest BCUT2D eigenvalue weighted by Crippen LogP contribution is 2.31. The molecule has 0 saturated heterocycles. The second-order valence-corrected chi connectivity index (χ2v) is 7.55. The van der Waals surface area contributed by atoms with Crippen molar-refractivity contribution in [3.8, 4) is 28.3 Å². The minimum absolute atomic E-state index is 0.791. The Kier molecular flexibility index (Phi) is 5.12. The molecule has 3 heterocycles. The molecule has 0 aliphatic heterocycles. The highest BCUT2D eigenvalue weighted by molar-refractivity contribution is 7.10. The van der Waals surface area contributed by atoms with E-state index in [4.69, 9.17) is 4.74 Å². The highest BCUT2D eigenvalue weighted by atomic mass is 32.1. The molecule has 0 unspecified atom stereocenters. The molecule has 0 saturated carbocycles. The fourth-order valence-corrected chi connectivity index (χ4v) is 3.98. The van der Waals surface area contributed by atoms with E-state index in [2.05, 4.69) is 45.9 Å². The maximum absolute atomic E-state index is 5.47. The molecule has 3 aromatic heterocycles. The summed E-state index contributed by atoms with van der Waals surface area (Å²) in [4.78, 5) is 5.90. The largest absolute Gasteiger partial charge is 0.496 e. The van der Waals surface area contributed by atoms with E-state index in [1.54, 1.807) is 18.4 Å². The Morgan fingerprint density at radius 2 is 2.00 bits per heavy atom. The molecule has 142 valence electrons. The predicted molar refractivity (Wildman–Crippen MR) is 115 cm³/mol. The molecule has 0 spiro atoms. The summed E-state index contributed by atoms with van der Waals surface area (Å²) in [5.41, 5.74) is 5.20. The molecule has 0 radical (unpaired) electrons. The SMILES string of the molecule is COc1ccccc1-c1cc(-c2ccc(NCc3sccc3C)nc2)n(C)n1. The standard InChI is InChI=1S/C22H22N4OS/c1-15-10-11-28-21(15)14-24-22-9-8-16(13-23-22)19-12-18(25-26(19)2)17-6-4-5-7-20(17)27-3/h4-13H,14H2,1-3H3,(H,23,24). The Morgan fingerprint density at radius 1 is 1.14 bits per heavy atom. The maximum atomic E-state index is 5.47. The molecule has 28 heavy (non-hydrogen) atoms. The third kappa shape index (κ3) is 3.64. The number of anilines is 1. The van der Waals surface area contributed by atoms with Crippen molar-refractivity contribution >= 4 is 17.2 Å². The van der Waals surface area contributed by atoms with Gasteiger partial charge in [-0.3, -0.25) is 4.68 Å². The normalized spacial score (nSPS) is 10.8. The average Bonchev–Trinajstić information content (AvgIpc) is 3.32. The van der Waals surface area contributed by atoms with Crippen LogP contribution >= 0.6 is 11.3 Å². The van der Waals surface area contributed by atoms with Crippen LogP contribution in [0.2, 0.25) is 0 Å². The van der Waals surface area contributed by atoms with Crippen LogP contribution in [-0.4, -0.2) is 21.9 Å². The number of pyridine rings is 1. The van der Waals surface area contributed by atoms with Gasteiger partial charge in [0.15, 0.2) is 0 Å². The molecule has 0 amide bonds. The fourth-order valence-electron chi connectivity index (χ4n) is 3.13. The number of aromatic nitrogens is 3. The van der Waals surface area contributed by atoms with E-state index in [0.29, 0.717) is 0 Å². The molecular formula is C22H22N4OS. The smallest absolute Gasteiger partial charge is 0.128 e. The van der Waals surface area contributed by atoms with Gasteiger partial charge < -0.3 is 10.1 Å². The zero-order valence-corrected chi connectivity index (χ0v) is 17.0. The lowest BCUT2D eigenvalue weighted by Gasteiger charge is -2.06. The molecule has 0 aliphatic carbocycles. The number of benzene rings is 1. The molecule has 1 aromatic carbocycles. The topological polar surface area (TPSA) is 52.0 Å². The number of ether oxygens (including phenoxy) is 1. The van der Waals surface area contributed by atoms with E-state index < -0.39 is 0 Å². The summed E-state index contributed by atoms with van der Waals surface area (Å²) in [6.07, 6.45) is 1.88. The van der Waals surface area contributed by atoms with Gasteiger partial charge in [-0.25, -0.2) is 4.98 Å². The number of aryl methyl sites for hydroxylation is 2. The summed E-state index contributed by atoms with van der Waals surface area (Å²) >= 11 is 1.76. The van der Waals surface area contributed by atoms with E-state index in [-0.39, 0.29) is 0 Å². The van der Waals surface area contributed by atoms with Crippen molar-refractivity contribution in [2.24, 2.45) is 7.05 Å². The van der Waals surface area contributed by atoms with Crippen LogP contribution in [0.4, 0.5) is 5.82 Å². The number of para-hydroxylation sites is 1. The number of methoxy groups -OCH3 is 1. The lowest BCUT2D eigenvalue weighted by atomic mass is 10.1. The number of rotatable bonds is 6. The quantitative estimate of drug-likeness (QED) is 0.495. The van der Waals surface area contributed by atoms with Crippen LogP contribution in [0.3, 0.4) is 0 Å². The van der Waals surface area contributed by atoms with Gasteiger partial charge in [0.25, 0.3) is 0 Å². The van der Waals surface area contributed by atoms with Crippen molar-refractivity contribution in [2.75, 3.05) is 12.4 Å². The Labute approximate surface area is 168 Å².